The predicted molar refractivity (Wildman–Crippen MR) is 73.3 cm³/mol. The highest BCUT2D eigenvalue weighted by molar-refractivity contribution is 5.96. The Morgan fingerprint density at radius 3 is 2.85 bits per heavy atom. The maximum absolute atomic E-state index is 12.2. The summed E-state index contributed by atoms with van der Waals surface area (Å²) in [4.78, 5) is 12.2. The van der Waals surface area contributed by atoms with E-state index in [0.29, 0.717) is 23.5 Å². The first-order chi connectivity index (χ1) is 9.49. The minimum absolute atomic E-state index is 0.0604. The van der Waals surface area contributed by atoms with Crippen molar-refractivity contribution in [1.82, 2.24) is 5.32 Å². The van der Waals surface area contributed by atoms with Gasteiger partial charge < -0.3 is 19.9 Å². The molecule has 1 heterocycles. The van der Waals surface area contributed by atoms with Crippen LogP contribution < -0.4 is 10.1 Å². The third kappa shape index (κ3) is 3.15. The Morgan fingerprint density at radius 1 is 1.50 bits per heavy atom. The molecular weight excluding hydrogens is 260 g/mol. The number of ether oxygens (including phenoxy) is 2. The largest absolute Gasteiger partial charge is 0.444 e. The van der Waals surface area contributed by atoms with Crippen molar-refractivity contribution >= 4 is 11.8 Å². The Bertz CT molecular complexity index is 530. The SMILES string of the molecule is CC(=N)Oc1cccc(C(=O)N[C@H]2COC[C@@H]2O)c1C. The lowest BCUT2D eigenvalue weighted by molar-refractivity contribution is 0.0885. The van der Waals surface area contributed by atoms with Crippen LogP contribution >= 0.6 is 0 Å². The summed E-state index contributed by atoms with van der Waals surface area (Å²) in [5, 5.41) is 19.7. The molecule has 108 valence electrons. The molecule has 0 saturated carbocycles. The van der Waals surface area contributed by atoms with E-state index >= 15 is 0 Å². The molecule has 1 aromatic carbocycles. The Labute approximate surface area is 117 Å². The molecule has 1 aliphatic heterocycles. The number of carbonyl (C=O) groups excluding carboxylic acids is 1. The first kappa shape index (κ1) is 14.5. The molecule has 6 heteroatoms. The fourth-order valence-electron chi connectivity index (χ4n) is 2.06. The summed E-state index contributed by atoms with van der Waals surface area (Å²) in [5.74, 6) is 0.253. The molecule has 3 N–H and O–H groups in total. The van der Waals surface area contributed by atoms with Crippen LogP contribution in [-0.2, 0) is 4.74 Å². The van der Waals surface area contributed by atoms with Gasteiger partial charge in [0, 0.05) is 18.1 Å². The highest BCUT2D eigenvalue weighted by Gasteiger charge is 2.28. The second-order valence-corrected chi connectivity index (χ2v) is 4.77. The fourth-order valence-corrected chi connectivity index (χ4v) is 2.06. The number of benzene rings is 1. The summed E-state index contributed by atoms with van der Waals surface area (Å²) < 4.78 is 10.4. The zero-order chi connectivity index (χ0) is 14.7. The third-order valence-electron chi connectivity index (χ3n) is 3.16. The van der Waals surface area contributed by atoms with E-state index < -0.39 is 12.1 Å². The zero-order valence-corrected chi connectivity index (χ0v) is 11.5. The Balaban J connectivity index is 2.15. The summed E-state index contributed by atoms with van der Waals surface area (Å²) in [5.41, 5.74) is 1.12. The van der Waals surface area contributed by atoms with E-state index in [4.69, 9.17) is 14.9 Å². The van der Waals surface area contributed by atoms with Crippen LogP contribution in [0.25, 0.3) is 0 Å². The number of hydrogen-bond donors (Lipinski definition) is 3. The monoisotopic (exact) mass is 278 g/mol. The van der Waals surface area contributed by atoms with Crippen molar-refractivity contribution in [2.45, 2.75) is 26.0 Å². The minimum atomic E-state index is -0.678. The minimum Gasteiger partial charge on any atom is -0.444 e. The molecule has 0 unspecified atom stereocenters. The van der Waals surface area contributed by atoms with Crippen molar-refractivity contribution in [2.75, 3.05) is 13.2 Å². The molecular formula is C14H18N2O4. The van der Waals surface area contributed by atoms with Gasteiger partial charge in [0.2, 0.25) is 0 Å². The van der Waals surface area contributed by atoms with Gasteiger partial charge in [-0.15, -0.1) is 0 Å². The Morgan fingerprint density at radius 2 is 2.25 bits per heavy atom. The summed E-state index contributed by atoms with van der Waals surface area (Å²) in [6.07, 6.45) is -0.678. The van der Waals surface area contributed by atoms with Crippen LogP contribution in [0.3, 0.4) is 0 Å². The molecule has 0 aromatic heterocycles. The number of rotatable bonds is 3. The van der Waals surface area contributed by atoms with E-state index in [-0.39, 0.29) is 18.4 Å². The molecule has 1 fully saturated rings. The van der Waals surface area contributed by atoms with Gasteiger partial charge in [0.1, 0.15) is 5.75 Å². The smallest absolute Gasteiger partial charge is 0.252 e. The average Bonchev–Trinajstić information content (AvgIpc) is 2.77. The summed E-state index contributed by atoms with van der Waals surface area (Å²) in [6.45, 7) is 3.83. The lowest BCUT2D eigenvalue weighted by atomic mass is 10.1. The van der Waals surface area contributed by atoms with E-state index in [1.807, 2.05) is 0 Å². The number of aliphatic hydroxyl groups is 1. The quantitative estimate of drug-likeness (QED) is 0.565. The molecule has 2 atom stereocenters. The van der Waals surface area contributed by atoms with Gasteiger partial charge >= 0.3 is 0 Å². The van der Waals surface area contributed by atoms with Crippen molar-refractivity contribution in [1.29, 1.82) is 5.41 Å². The second-order valence-electron chi connectivity index (χ2n) is 4.77. The molecule has 1 aliphatic rings. The Hall–Kier alpha value is -1.92. The van der Waals surface area contributed by atoms with Crippen LogP contribution in [-0.4, -0.2) is 42.3 Å². The summed E-state index contributed by atoms with van der Waals surface area (Å²) in [7, 11) is 0. The summed E-state index contributed by atoms with van der Waals surface area (Å²) in [6, 6.07) is 4.69. The lowest BCUT2D eigenvalue weighted by Crippen LogP contribution is -2.42. The van der Waals surface area contributed by atoms with Crippen LogP contribution in [0.5, 0.6) is 5.75 Å². The van der Waals surface area contributed by atoms with E-state index in [1.54, 1.807) is 25.1 Å². The van der Waals surface area contributed by atoms with Gasteiger partial charge in [-0.2, -0.15) is 0 Å². The van der Waals surface area contributed by atoms with Crippen LogP contribution in [0.4, 0.5) is 0 Å². The van der Waals surface area contributed by atoms with E-state index in [2.05, 4.69) is 5.32 Å². The van der Waals surface area contributed by atoms with Crippen molar-refractivity contribution in [2.24, 2.45) is 0 Å². The Kier molecular flexibility index (Phi) is 4.36. The lowest BCUT2D eigenvalue weighted by Gasteiger charge is -2.16. The van der Waals surface area contributed by atoms with E-state index in [9.17, 15) is 9.90 Å². The van der Waals surface area contributed by atoms with E-state index in [0.717, 1.165) is 0 Å². The van der Waals surface area contributed by atoms with Gasteiger partial charge in [0.05, 0.1) is 25.4 Å². The summed E-state index contributed by atoms with van der Waals surface area (Å²) >= 11 is 0. The normalized spacial score (nSPS) is 21.6. The van der Waals surface area contributed by atoms with Crippen molar-refractivity contribution in [3.63, 3.8) is 0 Å². The first-order valence-electron chi connectivity index (χ1n) is 6.38. The molecule has 0 radical (unpaired) electrons. The second kappa shape index (κ2) is 6.02. The first-order valence-corrected chi connectivity index (χ1v) is 6.38. The van der Waals surface area contributed by atoms with Crippen molar-refractivity contribution < 1.29 is 19.4 Å². The molecule has 1 amide bonds. The number of amides is 1. The molecule has 20 heavy (non-hydrogen) atoms. The number of aliphatic hydroxyl groups excluding tert-OH is 1. The van der Waals surface area contributed by atoms with Crippen LogP contribution in [0.1, 0.15) is 22.8 Å². The zero-order valence-electron chi connectivity index (χ0n) is 11.5. The van der Waals surface area contributed by atoms with Crippen LogP contribution in [0.15, 0.2) is 18.2 Å². The van der Waals surface area contributed by atoms with Gasteiger partial charge in [-0.3, -0.25) is 10.2 Å². The molecule has 6 nitrogen and oxygen atoms in total. The molecule has 1 aromatic rings. The molecule has 2 rings (SSSR count). The molecule has 0 aliphatic carbocycles. The number of carbonyl (C=O) groups is 1. The molecule has 0 bridgehead atoms. The fraction of sp³-hybridized carbons (Fsp3) is 0.429. The highest BCUT2D eigenvalue weighted by Crippen LogP contribution is 2.22. The van der Waals surface area contributed by atoms with Gasteiger partial charge in [0.15, 0.2) is 5.90 Å². The van der Waals surface area contributed by atoms with Crippen molar-refractivity contribution in [3.8, 4) is 5.75 Å². The van der Waals surface area contributed by atoms with Crippen molar-refractivity contribution in [3.05, 3.63) is 29.3 Å². The maximum atomic E-state index is 12.2. The molecule has 1 saturated heterocycles. The van der Waals surface area contributed by atoms with Crippen LogP contribution in [0, 0.1) is 12.3 Å². The van der Waals surface area contributed by atoms with Gasteiger partial charge in [-0.1, -0.05) is 6.07 Å². The van der Waals surface area contributed by atoms with Gasteiger partial charge in [0.25, 0.3) is 5.91 Å². The van der Waals surface area contributed by atoms with Gasteiger partial charge in [-0.05, 0) is 19.1 Å². The molecule has 0 spiro atoms. The van der Waals surface area contributed by atoms with Gasteiger partial charge in [-0.25, -0.2) is 0 Å². The van der Waals surface area contributed by atoms with E-state index in [1.165, 1.54) is 6.92 Å². The number of hydrogen-bond acceptors (Lipinski definition) is 5. The predicted octanol–water partition coefficient (Wildman–Crippen LogP) is 0.860. The van der Waals surface area contributed by atoms with Crippen LogP contribution in [0.2, 0.25) is 0 Å². The standard InChI is InChI=1S/C14H18N2O4/c1-8-10(4-3-5-13(8)20-9(2)15)14(18)16-11-6-19-7-12(11)17/h3-5,11-12,15,17H,6-7H2,1-2H3,(H,16,18)/t11-,12-/m0/s1. The number of nitrogens with one attached hydrogen (secondary N) is 2. The topological polar surface area (TPSA) is 91.6 Å². The highest BCUT2D eigenvalue weighted by atomic mass is 16.5. The maximum Gasteiger partial charge on any atom is 0.252 e. The average molecular weight is 278 g/mol. The third-order valence-corrected chi connectivity index (χ3v) is 3.16.